The molecule has 0 aliphatic heterocycles. The fraction of sp³-hybridized carbons (Fsp3) is 0.905. The fourth-order valence-electron chi connectivity index (χ4n) is 3.11. The molecule has 0 aromatic carbocycles. The minimum atomic E-state index is -0.657. The van der Waals surface area contributed by atoms with Gasteiger partial charge in [-0.2, -0.15) is 0 Å². The Bertz CT molecular complexity index is 519. The molecule has 29 heavy (non-hydrogen) atoms. The predicted octanol–water partition coefficient (Wildman–Crippen LogP) is 2.30. The van der Waals surface area contributed by atoms with Crippen LogP contribution in [-0.2, 0) is 28.5 Å². The summed E-state index contributed by atoms with van der Waals surface area (Å²) >= 11 is 0. The van der Waals surface area contributed by atoms with Crippen molar-refractivity contribution in [1.82, 2.24) is 0 Å². The summed E-state index contributed by atoms with van der Waals surface area (Å²) in [7, 11) is 0. The Morgan fingerprint density at radius 1 is 0.724 bits per heavy atom. The molecule has 0 fully saturated rings. The minimum Gasteiger partial charge on any atom is -0.461 e. The lowest BCUT2D eigenvalue weighted by Gasteiger charge is -2.35. The van der Waals surface area contributed by atoms with E-state index in [2.05, 4.69) is 0 Å². The van der Waals surface area contributed by atoms with Crippen LogP contribution in [0.25, 0.3) is 0 Å². The number of rotatable bonds is 13. The van der Waals surface area contributed by atoms with Gasteiger partial charge in [0, 0.05) is 12.8 Å². The molecule has 5 unspecified atom stereocenters. The number of hydrogen-bond acceptors (Lipinski definition) is 8. The molecule has 0 bridgehead atoms. The highest BCUT2D eigenvalue weighted by atomic mass is 16.6. The smallest absolute Gasteiger partial charge is 0.322 e. The van der Waals surface area contributed by atoms with Crippen LogP contribution >= 0.6 is 0 Å². The van der Waals surface area contributed by atoms with Crippen LogP contribution in [0, 0.1) is 0 Å². The molecule has 0 radical (unpaired) electrons. The normalized spacial score (nSPS) is 17.8. The second kappa shape index (κ2) is 11.8. The Balaban J connectivity index is 4.51. The molecule has 172 valence electrons. The zero-order valence-electron chi connectivity index (χ0n) is 19.6. The van der Waals surface area contributed by atoms with Crippen LogP contribution in [0.2, 0.25) is 0 Å². The van der Waals surface area contributed by atoms with E-state index in [4.69, 9.17) is 30.4 Å². The lowest BCUT2D eigenvalue weighted by Crippen LogP contribution is -2.40. The molecule has 8 nitrogen and oxygen atoms in total. The molecule has 0 aliphatic rings. The number of ether oxygens (including phenoxy) is 4. The van der Waals surface area contributed by atoms with E-state index in [-0.39, 0.29) is 24.9 Å². The van der Waals surface area contributed by atoms with Crippen molar-refractivity contribution in [3.8, 4) is 0 Å². The summed E-state index contributed by atoms with van der Waals surface area (Å²) in [6.45, 7) is 16.9. The zero-order valence-corrected chi connectivity index (χ0v) is 19.6. The number of hydrogen-bond donors (Lipinski definition) is 2. The van der Waals surface area contributed by atoms with Gasteiger partial charge in [0.25, 0.3) is 0 Å². The van der Waals surface area contributed by atoms with Crippen molar-refractivity contribution < 1.29 is 28.5 Å². The van der Waals surface area contributed by atoms with Crippen LogP contribution in [0.4, 0.5) is 0 Å². The third-order valence-corrected chi connectivity index (χ3v) is 4.17. The molecule has 4 N–H and O–H groups in total. The second-order valence-corrected chi connectivity index (χ2v) is 9.24. The summed E-state index contributed by atoms with van der Waals surface area (Å²) in [5.74, 6) is -0.870. The maximum atomic E-state index is 11.6. The van der Waals surface area contributed by atoms with Crippen molar-refractivity contribution in [1.29, 1.82) is 0 Å². The molecular formula is C21H42N2O6. The van der Waals surface area contributed by atoms with Gasteiger partial charge >= 0.3 is 11.9 Å². The first-order chi connectivity index (χ1) is 13.0. The van der Waals surface area contributed by atoms with Gasteiger partial charge in [-0.3, -0.25) is 9.59 Å². The number of carbonyl (C=O) groups excluding carboxylic acids is 2. The Morgan fingerprint density at radius 3 is 1.59 bits per heavy atom. The molecule has 0 rings (SSSR count). The first-order valence-electron chi connectivity index (χ1n) is 10.3. The number of nitrogens with two attached hydrogens (primary N) is 2. The maximum absolute atomic E-state index is 11.6. The highest BCUT2D eigenvalue weighted by Gasteiger charge is 2.30. The SMILES string of the molecule is CC(COC(C)(C)CC(C)OC(C)(C)CC(C)OC(=O)C(C)N)OC(=O)C(C)N. The van der Waals surface area contributed by atoms with Crippen LogP contribution in [-0.4, -0.2) is 60.1 Å². The van der Waals surface area contributed by atoms with Crippen molar-refractivity contribution in [3.63, 3.8) is 0 Å². The van der Waals surface area contributed by atoms with Gasteiger partial charge in [0.2, 0.25) is 0 Å². The molecule has 0 aromatic heterocycles. The molecule has 0 aromatic rings. The van der Waals surface area contributed by atoms with Gasteiger partial charge in [-0.25, -0.2) is 0 Å². The van der Waals surface area contributed by atoms with Gasteiger partial charge in [-0.05, 0) is 62.3 Å². The summed E-state index contributed by atoms with van der Waals surface area (Å²) < 4.78 is 22.7. The van der Waals surface area contributed by atoms with E-state index < -0.39 is 35.2 Å². The lowest BCUT2D eigenvalue weighted by molar-refractivity contribution is -0.162. The molecule has 8 heteroatoms. The summed E-state index contributed by atoms with van der Waals surface area (Å²) in [6.07, 6.45) is 0.388. The van der Waals surface area contributed by atoms with E-state index in [0.29, 0.717) is 12.8 Å². The minimum absolute atomic E-state index is 0.0988. The largest absolute Gasteiger partial charge is 0.461 e. The molecule has 5 atom stereocenters. The van der Waals surface area contributed by atoms with Gasteiger partial charge in [0.1, 0.15) is 24.3 Å². The Kier molecular flexibility index (Phi) is 11.3. The van der Waals surface area contributed by atoms with Crippen molar-refractivity contribution in [2.75, 3.05) is 6.61 Å². The van der Waals surface area contributed by atoms with E-state index in [0.717, 1.165) is 0 Å². The first-order valence-corrected chi connectivity index (χ1v) is 10.3. The maximum Gasteiger partial charge on any atom is 0.322 e. The van der Waals surface area contributed by atoms with E-state index >= 15 is 0 Å². The van der Waals surface area contributed by atoms with E-state index in [1.807, 2.05) is 41.5 Å². The van der Waals surface area contributed by atoms with Crippen LogP contribution in [0.15, 0.2) is 0 Å². The molecule has 0 heterocycles. The van der Waals surface area contributed by atoms with Gasteiger partial charge in [0.05, 0.1) is 23.9 Å². The monoisotopic (exact) mass is 418 g/mol. The van der Waals surface area contributed by atoms with Crippen LogP contribution < -0.4 is 11.5 Å². The van der Waals surface area contributed by atoms with Crippen LogP contribution in [0.5, 0.6) is 0 Å². The highest BCUT2D eigenvalue weighted by molar-refractivity contribution is 5.75. The average Bonchev–Trinajstić information content (AvgIpc) is 2.50. The van der Waals surface area contributed by atoms with Crippen molar-refractivity contribution in [2.45, 2.75) is 117 Å². The average molecular weight is 419 g/mol. The third kappa shape index (κ3) is 12.8. The topological polar surface area (TPSA) is 123 Å². The summed E-state index contributed by atoms with van der Waals surface area (Å²) in [4.78, 5) is 23.2. The summed E-state index contributed by atoms with van der Waals surface area (Å²) in [6, 6.07) is -1.30. The van der Waals surface area contributed by atoms with Gasteiger partial charge in [0.15, 0.2) is 0 Å². The van der Waals surface area contributed by atoms with Crippen molar-refractivity contribution >= 4 is 11.9 Å². The van der Waals surface area contributed by atoms with Crippen molar-refractivity contribution in [3.05, 3.63) is 0 Å². The molecular weight excluding hydrogens is 376 g/mol. The molecule has 0 amide bonds. The Labute approximate surface area is 175 Å². The molecule has 0 saturated carbocycles. The van der Waals surface area contributed by atoms with Crippen LogP contribution in [0.1, 0.15) is 75.2 Å². The second-order valence-electron chi connectivity index (χ2n) is 9.24. The van der Waals surface area contributed by atoms with Gasteiger partial charge in [-0.15, -0.1) is 0 Å². The van der Waals surface area contributed by atoms with Gasteiger partial charge in [-0.1, -0.05) is 0 Å². The van der Waals surface area contributed by atoms with E-state index in [9.17, 15) is 9.59 Å². The molecule has 0 spiro atoms. The predicted molar refractivity (Wildman–Crippen MR) is 112 cm³/mol. The summed E-state index contributed by atoms with van der Waals surface area (Å²) in [5.41, 5.74) is 10.1. The van der Waals surface area contributed by atoms with E-state index in [1.54, 1.807) is 20.8 Å². The number of esters is 2. The Hall–Kier alpha value is -1.22. The number of carbonyl (C=O) groups is 2. The van der Waals surface area contributed by atoms with Crippen molar-refractivity contribution in [2.24, 2.45) is 11.5 Å². The lowest BCUT2D eigenvalue weighted by atomic mass is 9.98. The Morgan fingerprint density at radius 2 is 1.14 bits per heavy atom. The fourth-order valence-corrected chi connectivity index (χ4v) is 3.11. The van der Waals surface area contributed by atoms with Crippen LogP contribution in [0.3, 0.4) is 0 Å². The first kappa shape index (κ1) is 27.8. The summed E-state index contributed by atoms with van der Waals surface area (Å²) in [5, 5.41) is 0. The zero-order chi connectivity index (χ0) is 23.0. The molecule has 0 saturated heterocycles. The molecule has 0 aliphatic carbocycles. The third-order valence-electron chi connectivity index (χ3n) is 4.17. The highest BCUT2D eigenvalue weighted by Crippen LogP contribution is 2.26. The van der Waals surface area contributed by atoms with Gasteiger partial charge < -0.3 is 30.4 Å². The standard InChI is InChI=1S/C21H42N2O6/c1-13(27-18(24)16(4)22)10-21(8,9)29-14(2)11-20(6,7)26-12-15(3)28-19(25)17(5)23/h13-17H,10-12,22-23H2,1-9H3. The van der Waals surface area contributed by atoms with E-state index in [1.165, 1.54) is 0 Å². The quantitative estimate of drug-likeness (QED) is 0.437.